The van der Waals surface area contributed by atoms with Crippen molar-refractivity contribution in [3.05, 3.63) is 99.7 Å². The molecule has 35 heavy (non-hydrogen) atoms. The van der Waals surface area contributed by atoms with Gasteiger partial charge >= 0.3 is 7.60 Å². The molecule has 2 N–H and O–H groups in total. The number of hydrogen-bond acceptors (Lipinski definition) is 7. The van der Waals surface area contributed by atoms with Crippen LogP contribution in [-0.4, -0.2) is 41.0 Å². The number of amides is 1. The van der Waals surface area contributed by atoms with Crippen molar-refractivity contribution in [2.45, 2.75) is 26.3 Å². The van der Waals surface area contributed by atoms with E-state index in [-0.39, 0.29) is 37.2 Å². The second-order valence-corrected chi connectivity index (χ2v) is 9.73. The van der Waals surface area contributed by atoms with Crippen molar-refractivity contribution in [1.29, 1.82) is 0 Å². The SMILES string of the molecule is CCOP(=O)(CCC(=O)c1ncc(C(=O)NC(c2ccccc2)c2ccccc2)c(=O)[nH]1)OCC. The van der Waals surface area contributed by atoms with Gasteiger partial charge in [0, 0.05) is 12.6 Å². The van der Waals surface area contributed by atoms with E-state index in [0.717, 1.165) is 17.3 Å². The Labute approximate surface area is 203 Å². The molecule has 1 heterocycles. The van der Waals surface area contributed by atoms with Crippen LogP contribution in [0.25, 0.3) is 0 Å². The van der Waals surface area contributed by atoms with Gasteiger partial charge in [-0.25, -0.2) is 4.98 Å². The van der Waals surface area contributed by atoms with Crippen molar-refractivity contribution in [2.75, 3.05) is 19.4 Å². The smallest absolute Gasteiger partial charge is 0.331 e. The maximum Gasteiger partial charge on any atom is 0.331 e. The molecular weight excluding hydrogens is 469 g/mol. The molecule has 0 fully saturated rings. The van der Waals surface area contributed by atoms with Crippen LogP contribution in [0.5, 0.6) is 0 Å². The van der Waals surface area contributed by atoms with E-state index in [1.165, 1.54) is 0 Å². The first-order chi connectivity index (χ1) is 16.9. The van der Waals surface area contributed by atoms with Gasteiger partial charge in [0.25, 0.3) is 11.5 Å². The van der Waals surface area contributed by atoms with E-state index in [4.69, 9.17) is 9.05 Å². The Bertz CT molecular complexity index is 1200. The number of hydrogen-bond donors (Lipinski definition) is 2. The van der Waals surface area contributed by atoms with E-state index in [1.54, 1.807) is 13.8 Å². The molecule has 1 amide bonds. The number of nitrogens with zero attached hydrogens (tertiary/aromatic N) is 1. The molecule has 0 aliphatic heterocycles. The van der Waals surface area contributed by atoms with Crippen LogP contribution in [0.1, 0.15) is 58.4 Å². The summed E-state index contributed by atoms with van der Waals surface area (Å²) in [6, 6.07) is 18.2. The number of ketones is 1. The lowest BCUT2D eigenvalue weighted by Gasteiger charge is -2.19. The first kappa shape index (κ1) is 26.2. The quantitative estimate of drug-likeness (QED) is 0.284. The largest absolute Gasteiger partial charge is 0.341 e. The van der Waals surface area contributed by atoms with Gasteiger partial charge in [-0.05, 0) is 25.0 Å². The highest BCUT2D eigenvalue weighted by Crippen LogP contribution is 2.48. The minimum atomic E-state index is -3.41. The number of aromatic nitrogens is 2. The number of carbonyl (C=O) groups is 2. The highest BCUT2D eigenvalue weighted by Gasteiger charge is 2.26. The van der Waals surface area contributed by atoms with E-state index in [2.05, 4.69) is 15.3 Å². The summed E-state index contributed by atoms with van der Waals surface area (Å²) in [7, 11) is -3.41. The van der Waals surface area contributed by atoms with Crippen molar-refractivity contribution in [1.82, 2.24) is 15.3 Å². The highest BCUT2D eigenvalue weighted by atomic mass is 31.2. The van der Waals surface area contributed by atoms with Crippen molar-refractivity contribution in [3.63, 3.8) is 0 Å². The lowest BCUT2D eigenvalue weighted by Crippen LogP contribution is -2.34. The molecule has 9 nitrogen and oxygen atoms in total. The van der Waals surface area contributed by atoms with Gasteiger partial charge in [-0.2, -0.15) is 0 Å². The monoisotopic (exact) mass is 497 g/mol. The first-order valence-electron chi connectivity index (χ1n) is 11.3. The molecule has 0 aliphatic carbocycles. The predicted molar refractivity (Wildman–Crippen MR) is 132 cm³/mol. The third-order valence-corrected chi connectivity index (χ3v) is 7.19. The van der Waals surface area contributed by atoms with Crippen LogP contribution in [0.3, 0.4) is 0 Å². The summed E-state index contributed by atoms with van der Waals surface area (Å²) in [5.74, 6) is -1.40. The molecule has 0 unspecified atom stereocenters. The van der Waals surface area contributed by atoms with Gasteiger partial charge in [0.05, 0.1) is 25.4 Å². The summed E-state index contributed by atoms with van der Waals surface area (Å²) >= 11 is 0. The average molecular weight is 497 g/mol. The average Bonchev–Trinajstić information content (AvgIpc) is 2.87. The maximum absolute atomic E-state index is 13.0. The van der Waals surface area contributed by atoms with E-state index < -0.39 is 30.9 Å². The second kappa shape index (κ2) is 12.4. The maximum atomic E-state index is 13.0. The molecule has 0 saturated carbocycles. The zero-order valence-corrected chi connectivity index (χ0v) is 20.5. The summed E-state index contributed by atoms with van der Waals surface area (Å²) in [5, 5.41) is 2.87. The summed E-state index contributed by atoms with van der Waals surface area (Å²) in [6.45, 7) is 3.71. The third kappa shape index (κ3) is 7.05. The Morgan fingerprint density at radius 3 is 2.00 bits per heavy atom. The van der Waals surface area contributed by atoms with E-state index >= 15 is 0 Å². The molecule has 0 atom stereocenters. The fourth-order valence-corrected chi connectivity index (χ4v) is 5.07. The molecular formula is C25H28N3O6P. The fourth-order valence-electron chi connectivity index (χ4n) is 3.47. The van der Waals surface area contributed by atoms with Gasteiger partial charge < -0.3 is 19.3 Å². The Hall–Kier alpha value is -3.39. The van der Waals surface area contributed by atoms with Crippen molar-refractivity contribution < 1.29 is 23.2 Å². The second-order valence-electron chi connectivity index (χ2n) is 7.55. The zero-order chi connectivity index (χ0) is 25.3. The van der Waals surface area contributed by atoms with E-state index in [0.29, 0.717) is 0 Å². The minimum Gasteiger partial charge on any atom is -0.341 e. The van der Waals surface area contributed by atoms with Gasteiger partial charge in [-0.3, -0.25) is 18.9 Å². The molecule has 0 bridgehead atoms. The lowest BCUT2D eigenvalue weighted by molar-refractivity contribution is 0.0935. The number of benzene rings is 2. The predicted octanol–water partition coefficient (Wildman–Crippen LogP) is 4.13. The van der Waals surface area contributed by atoms with Crippen molar-refractivity contribution in [2.24, 2.45) is 0 Å². The van der Waals surface area contributed by atoms with Crippen LogP contribution < -0.4 is 10.9 Å². The number of aromatic amines is 1. The Balaban J connectivity index is 1.76. The zero-order valence-electron chi connectivity index (χ0n) is 19.6. The van der Waals surface area contributed by atoms with Crippen LogP contribution in [0.2, 0.25) is 0 Å². The minimum absolute atomic E-state index is 0.144. The van der Waals surface area contributed by atoms with Crippen LogP contribution >= 0.6 is 7.60 Å². The first-order valence-corrected chi connectivity index (χ1v) is 13.0. The molecule has 2 aromatic carbocycles. The summed E-state index contributed by atoms with van der Waals surface area (Å²) in [4.78, 5) is 44.5. The summed E-state index contributed by atoms with van der Waals surface area (Å²) in [6.07, 6.45) is 0.726. The third-order valence-electron chi connectivity index (χ3n) is 5.11. The summed E-state index contributed by atoms with van der Waals surface area (Å²) < 4.78 is 22.9. The Morgan fingerprint density at radius 2 is 1.51 bits per heavy atom. The number of Topliss-reactive ketones (excluding diaryl/α,β-unsaturated/α-hetero) is 1. The van der Waals surface area contributed by atoms with Gasteiger partial charge in [-0.1, -0.05) is 60.7 Å². The Kier molecular flexibility index (Phi) is 9.25. The molecule has 0 spiro atoms. The molecule has 0 saturated heterocycles. The van der Waals surface area contributed by atoms with Gasteiger partial charge in [0.15, 0.2) is 11.6 Å². The number of H-pyrrole nitrogens is 1. The van der Waals surface area contributed by atoms with Crippen LogP contribution in [0.15, 0.2) is 71.7 Å². The van der Waals surface area contributed by atoms with Crippen LogP contribution in [0.4, 0.5) is 0 Å². The van der Waals surface area contributed by atoms with Crippen molar-refractivity contribution in [3.8, 4) is 0 Å². The Morgan fingerprint density at radius 1 is 0.971 bits per heavy atom. The number of carbonyl (C=O) groups excluding carboxylic acids is 2. The molecule has 10 heteroatoms. The van der Waals surface area contributed by atoms with Crippen LogP contribution in [0, 0.1) is 0 Å². The van der Waals surface area contributed by atoms with E-state index in [1.807, 2.05) is 60.7 Å². The standard InChI is InChI=1S/C25H28N3O6P/c1-3-33-35(32,34-4-2)16-15-21(29)23-26-17-20(25(31)28-23)24(30)27-22(18-11-7-5-8-12-18)19-13-9-6-10-14-19/h5-14,17,22H,3-4,15-16H2,1-2H3,(H,27,30)(H,26,28,31). The number of nitrogens with one attached hydrogen (secondary N) is 2. The fraction of sp³-hybridized carbons (Fsp3) is 0.280. The van der Waals surface area contributed by atoms with E-state index in [9.17, 15) is 18.9 Å². The lowest BCUT2D eigenvalue weighted by atomic mass is 9.98. The summed E-state index contributed by atoms with van der Waals surface area (Å²) in [5.41, 5.74) is 0.707. The van der Waals surface area contributed by atoms with Gasteiger partial charge in [0.1, 0.15) is 5.56 Å². The van der Waals surface area contributed by atoms with Gasteiger partial charge in [-0.15, -0.1) is 0 Å². The number of rotatable bonds is 12. The van der Waals surface area contributed by atoms with Gasteiger partial charge in [0.2, 0.25) is 0 Å². The molecule has 184 valence electrons. The normalized spacial score (nSPS) is 11.4. The topological polar surface area (TPSA) is 127 Å². The molecule has 3 aromatic rings. The molecule has 0 radical (unpaired) electrons. The molecule has 0 aliphatic rings. The molecule has 3 rings (SSSR count). The van der Waals surface area contributed by atoms with Crippen LogP contribution in [-0.2, 0) is 13.6 Å². The van der Waals surface area contributed by atoms with Crippen molar-refractivity contribution >= 4 is 19.3 Å². The molecule has 1 aromatic heterocycles. The highest BCUT2D eigenvalue weighted by molar-refractivity contribution is 7.53.